The lowest BCUT2D eigenvalue weighted by atomic mass is 10.0. The van der Waals surface area contributed by atoms with Crippen molar-refractivity contribution in [2.75, 3.05) is 6.61 Å². The van der Waals surface area contributed by atoms with Gasteiger partial charge in [0.1, 0.15) is 5.72 Å². The predicted molar refractivity (Wildman–Crippen MR) is 156 cm³/mol. The maximum atomic E-state index is 11.5. The van der Waals surface area contributed by atoms with Gasteiger partial charge in [0.2, 0.25) is 0 Å². The molecule has 1 saturated heterocycles. The normalized spacial score (nSPS) is 17.9. The Morgan fingerprint density at radius 1 is 0.703 bits per heavy atom. The van der Waals surface area contributed by atoms with Crippen molar-refractivity contribution in [3.63, 3.8) is 0 Å². The van der Waals surface area contributed by atoms with E-state index in [4.69, 9.17) is 4.74 Å². The van der Waals surface area contributed by atoms with Crippen molar-refractivity contribution in [1.29, 1.82) is 0 Å². The average Bonchev–Trinajstić information content (AvgIpc) is 3.19. The van der Waals surface area contributed by atoms with E-state index >= 15 is 0 Å². The lowest BCUT2D eigenvalue weighted by Crippen LogP contribution is -2.51. The van der Waals surface area contributed by atoms with E-state index in [0.29, 0.717) is 6.42 Å². The van der Waals surface area contributed by atoms with Crippen LogP contribution in [0.5, 0.6) is 0 Å². The fourth-order valence-corrected chi connectivity index (χ4v) is 5.82. The van der Waals surface area contributed by atoms with Crippen LogP contribution >= 0.6 is 0 Å². The second kappa shape index (κ2) is 22.1. The maximum Gasteiger partial charge on any atom is 0.409 e. The molecule has 0 aromatic heterocycles. The summed E-state index contributed by atoms with van der Waals surface area (Å²) in [4.78, 5) is 12.8. The Hall–Kier alpha value is -0.810. The minimum Gasteiger partial charge on any atom is -0.465 e. The Kier molecular flexibility index (Phi) is 20.4. The number of rotatable bonds is 25. The Morgan fingerprint density at radius 3 is 1.35 bits per heavy atom. The van der Waals surface area contributed by atoms with Crippen molar-refractivity contribution in [3.05, 3.63) is 0 Å². The van der Waals surface area contributed by atoms with Crippen molar-refractivity contribution < 1.29 is 19.7 Å². The summed E-state index contributed by atoms with van der Waals surface area (Å²) in [5, 5.41) is 19.9. The largest absolute Gasteiger partial charge is 0.465 e. The summed E-state index contributed by atoms with van der Waals surface area (Å²) in [6, 6.07) is -0.452. The molecule has 2 N–H and O–H groups in total. The number of carbonyl (C=O) groups is 1. The molecule has 1 aliphatic heterocycles. The Labute approximate surface area is 230 Å². The lowest BCUT2D eigenvalue weighted by Gasteiger charge is -2.32. The third-order valence-corrected chi connectivity index (χ3v) is 8.27. The van der Waals surface area contributed by atoms with Crippen molar-refractivity contribution in [2.45, 2.75) is 193 Å². The summed E-state index contributed by atoms with van der Waals surface area (Å²) in [6.45, 7) is 6.05. The van der Waals surface area contributed by atoms with Crippen LogP contribution in [0.3, 0.4) is 0 Å². The van der Waals surface area contributed by atoms with Gasteiger partial charge in [0.05, 0.1) is 18.8 Å². The van der Waals surface area contributed by atoms with E-state index in [1.807, 2.05) is 0 Å². The van der Waals surface area contributed by atoms with Crippen LogP contribution in [0.25, 0.3) is 0 Å². The number of nitrogens with zero attached hydrogens (tertiary/aromatic N) is 1. The van der Waals surface area contributed by atoms with Crippen LogP contribution in [-0.4, -0.2) is 45.7 Å². The van der Waals surface area contributed by atoms with Crippen LogP contribution in [0.1, 0.15) is 175 Å². The van der Waals surface area contributed by atoms with Crippen molar-refractivity contribution >= 4 is 6.09 Å². The van der Waals surface area contributed by atoms with Gasteiger partial charge in [0.15, 0.2) is 0 Å². The number of carboxylic acid groups (broad SMARTS) is 1. The van der Waals surface area contributed by atoms with Crippen molar-refractivity contribution in [1.82, 2.24) is 4.90 Å². The third-order valence-electron chi connectivity index (χ3n) is 8.27. The van der Waals surface area contributed by atoms with Gasteiger partial charge in [0, 0.05) is 0 Å². The minimum atomic E-state index is -1.02. The quantitative estimate of drug-likeness (QED) is 0.116. The molecule has 37 heavy (non-hydrogen) atoms. The molecule has 0 aromatic carbocycles. The molecule has 220 valence electrons. The van der Waals surface area contributed by atoms with Crippen LogP contribution in [0, 0.1) is 0 Å². The summed E-state index contributed by atoms with van der Waals surface area (Å²) in [5.41, 5.74) is -0.857. The van der Waals surface area contributed by atoms with Crippen LogP contribution in [-0.2, 0) is 4.74 Å². The Bertz CT molecular complexity index is 539. The summed E-state index contributed by atoms with van der Waals surface area (Å²) in [7, 11) is 0. The van der Waals surface area contributed by atoms with Crippen LogP contribution < -0.4 is 0 Å². The third kappa shape index (κ3) is 16.7. The molecule has 1 fully saturated rings. The first-order valence-corrected chi connectivity index (χ1v) is 16.2. The predicted octanol–water partition coefficient (Wildman–Crippen LogP) is 9.84. The molecule has 0 aromatic rings. The summed E-state index contributed by atoms with van der Waals surface area (Å²) in [5.74, 6) is 0. The van der Waals surface area contributed by atoms with Gasteiger partial charge in [-0.25, -0.2) is 4.79 Å². The van der Waals surface area contributed by atoms with E-state index in [9.17, 15) is 15.0 Å². The first kappa shape index (κ1) is 34.2. The second-order valence-electron chi connectivity index (χ2n) is 12.1. The highest BCUT2D eigenvalue weighted by molar-refractivity contribution is 5.66. The Morgan fingerprint density at radius 2 is 1.03 bits per heavy atom. The van der Waals surface area contributed by atoms with Crippen molar-refractivity contribution in [3.8, 4) is 0 Å². The van der Waals surface area contributed by atoms with Gasteiger partial charge < -0.3 is 14.9 Å². The molecule has 5 heteroatoms. The molecular formula is C32H63NO4. The zero-order valence-electron chi connectivity index (χ0n) is 25.0. The average molecular weight is 526 g/mol. The van der Waals surface area contributed by atoms with E-state index in [0.717, 1.165) is 12.8 Å². The first-order valence-electron chi connectivity index (χ1n) is 16.2. The molecule has 0 bridgehead atoms. The van der Waals surface area contributed by atoms with E-state index in [2.05, 4.69) is 6.92 Å². The van der Waals surface area contributed by atoms with Gasteiger partial charge in [-0.2, -0.15) is 0 Å². The van der Waals surface area contributed by atoms with Crippen LogP contribution in [0.4, 0.5) is 4.79 Å². The zero-order chi connectivity index (χ0) is 27.2. The van der Waals surface area contributed by atoms with E-state index in [-0.39, 0.29) is 6.61 Å². The highest BCUT2D eigenvalue weighted by Crippen LogP contribution is 2.30. The number of aliphatic hydroxyl groups is 1. The number of ether oxygens (including phenoxy) is 1. The minimum absolute atomic E-state index is 0.278. The molecule has 1 heterocycles. The summed E-state index contributed by atoms with van der Waals surface area (Å²) in [6.07, 6.45) is 30.5. The first-order chi connectivity index (χ1) is 17.9. The molecule has 0 radical (unpaired) electrons. The van der Waals surface area contributed by atoms with Crippen LogP contribution in [0.15, 0.2) is 0 Å². The SMILES string of the molecule is CCCCCCCCCCCCCCCCCCCCCCCCC[C@@H](O)[C@@H]1COC(C)(C)N1C(=O)O. The number of aliphatic hydroxyl groups excluding tert-OH is 1. The molecule has 0 spiro atoms. The molecular weight excluding hydrogens is 462 g/mol. The van der Waals surface area contributed by atoms with Gasteiger partial charge in [-0.1, -0.05) is 155 Å². The lowest BCUT2D eigenvalue weighted by molar-refractivity contribution is -0.0469. The topological polar surface area (TPSA) is 70.0 Å². The van der Waals surface area contributed by atoms with Gasteiger partial charge in [-0.15, -0.1) is 0 Å². The van der Waals surface area contributed by atoms with Crippen molar-refractivity contribution in [2.24, 2.45) is 0 Å². The highest BCUT2D eigenvalue weighted by Gasteiger charge is 2.46. The van der Waals surface area contributed by atoms with Crippen LogP contribution in [0.2, 0.25) is 0 Å². The standard InChI is InChI=1S/C32H63NO4/c1-4-5-6-7-8-9-10-11-12-13-14-15-16-17-18-19-20-21-22-23-24-25-26-27-30(34)29-28-37-32(2,3)33(29)31(35)36/h29-30,34H,4-28H2,1-3H3,(H,35,36)/t29-,30+/m0/s1. The van der Waals surface area contributed by atoms with Gasteiger partial charge in [-0.3, -0.25) is 4.90 Å². The highest BCUT2D eigenvalue weighted by atomic mass is 16.5. The molecule has 0 aliphatic carbocycles. The summed E-state index contributed by atoms with van der Waals surface area (Å²) < 4.78 is 5.59. The zero-order valence-corrected chi connectivity index (χ0v) is 25.0. The molecule has 0 unspecified atom stereocenters. The monoisotopic (exact) mass is 525 g/mol. The molecule has 1 aliphatic rings. The van der Waals surface area contributed by atoms with Gasteiger partial charge in [-0.05, 0) is 20.3 Å². The van der Waals surface area contributed by atoms with Gasteiger partial charge in [0.25, 0.3) is 0 Å². The molecule has 1 rings (SSSR count). The number of amides is 1. The maximum absolute atomic E-state index is 11.5. The van der Waals surface area contributed by atoms with E-state index < -0.39 is 24.0 Å². The van der Waals surface area contributed by atoms with E-state index in [1.54, 1.807) is 13.8 Å². The fraction of sp³-hybridized carbons (Fsp3) is 0.969. The number of hydrogen-bond acceptors (Lipinski definition) is 3. The van der Waals surface area contributed by atoms with Gasteiger partial charge >= 0.3 is 6.09 Å². The second-order valence-corrected chi connectivity index (χ2v) is 12.1. The molecule has 1 amide bonds. The molecule has 2 atom stereocenters. The number of hydrogen-bond donors (Lipinski definition) is 2. The fourth-order valence-electron chi connectivity index (χ4n) is 5.82. The van der Waals surface area contributed by atoms with E-state index in [1.165, 1.54) is 140 Å². The summed E-state index contributed by atoms with van der Waals surface area (Å²) >= 11 is 0. The Balaban J connectivity index is 1.79. The molecule has 0 saturated carbocycles. The number of unbranched alkanes of at least 4 members (excludes halogenated alkanes) is 22. The molecule has 5 nitrogen and oxygen atoms in total. The smallest absolute Gasteiger partial charge is 0.409 e.